The average molecular weight is 373 g/mol. The van der Waals surface area contributed by atoms with Crippen LogP contribution in [0.15, 0.2) is 39.8 Å². The predicted molar refractivity (Wildman–Crippen MR) is 79.9 cm³/mol. The van der Waals surface area contributed by atoms with Crippen LogP contribution in [-0.4, -0.2) is 24.1 Å². The van der Waals surface area contributed by atoms with Gasteiger partial charge in [-0.25, -0.2) is 13.6 Å². The van der Waals surface area contributed by atoms with Gasteiger partial charge in [0, 0.05) is 19.8 Å². The number of aromatic nitrogens is 2. The van der Waals surface area contributed by atoms with Crippen LogP contribution in [0.2, 0.25) is 0 Å². The summed E-state index contributed by atoms with van der Waals surface area (Å²) in [6, 6.07) is 5.97. The zero-order valence-electron chi connectivity index (χ0n) is 11.1. The van der Waals surface area contributed by atoms with Crippen molar-refractivity contribution in [3.63, 3.8) is 0 Å². The van der Waals surface area contributed by atoms with Gasteiger partial charge in [0.1, 0.15) is 0 Å². The van der Waals surface area contributed by atoms with Gasteiger partial charge in [0.2, 0.25) is 10.0 Å². The van der Waals surface area contributed by atoms with Gasteiger partial charge in [0.25, 0.3) is 5.91 Å². The van der Waals surface area contributed by atoms with Gasteiger partial charge in [0.15, 0.2) is 5.69 Å². The summed E-state index contributed by atoms with van der Waals surface area (Å²) >= 11 is 3.25. The number of hydrogen-bond donors (Lipinski definition) is 2. The van der Waals surface area contributed by atoms with Crippen molar-refractivity contribution in [1.29, 1.82) is 0 Å². The molecule has 112 valence electrons. The van der Waals surface area contributed by atoms with Crippen molar-refractivity contribution >= 4 is 31.9 Å². The number of sulfonamides is 1. The minimum atomic E-state index is -3.70. The van der Waals surface area contributed by atoms with E-state index in [0.717, 1.165) is 5.56 Å². The first-order valence-electron chi connectivity index (χ1n) is 5.86. The number of carbonyl (C=O) groups is 1. The molecule has 0 spiro atoms. The minimum absolute atomic E-state index is 0.0325. The van der Waals surface area contributed by atoms with E-state index in [1.807, 2.05) is 0 Å². The second kappa shape index (κ2) is 5.96. The van der Waals surface area contributed by atoms with Crippen LogP contribution < -0.4 is 10.5 Å². The smallest absolute Gasteiger partial charge is 0.273 e. The molecule has 0 unspecified atom stereocenters. The zero-order chi connectivity index (χ0) is 15.6. The maximum absolute atomic E-state index is 11.9. The molecule has 9 heteroatoms. The Kier molecular flexibility index (Phi) is 4.45. The van der Waals surface area contributed by atoms with E-state index < -0.39 is 10.0 Å². The number of amides is 1. The largest absolute Gasteiger partial charge is 0.347 e. The first-order chi connectivity index (χ1) is 9.77. The molecule has 1 amide bonds. The highest BCUT2D eigenvalue weighted by molar-refractivity contribution is 9.10. The van der Waals surface area contributed by atoms with E-state index in [0.29, 0.717) is 10.2 Å². The molecule has 0 saturated carbocycles. The summed E-state index contributed by atoms with van der Waals surface area (Å²) in [7, 11) is -1.99. The van der Waals surface area contributed by atoms with Crippen LogP contribution in [0.25, 0.3) is 0 Å². The topological polar surface area (TPSA) is 107 Å². The molecule has 1 heterocycles. The van der Waals surface area contributed by atoms with Gasteiger partial charge in [-0.1, -0.05) is 12.1 Å². The Bertz CT molecular complexity index is 768. The van der Waals surface area contributed by atoms with E-state index in [1.54, 1.807) is 25.4 Å². The number of nitrogens with two attached hydrogens (primary N) is 1. The van der Waals surface area contributed by atoms with Gasteiger partial charge in [-0.2, -0.15) is 5.10 Å². The molecule has 0 radical (unpaired) electrons. The molecule has 0 aliphatic rings. The first-order valence-corrected chi connectivity index (χ1v) is 8.20. The number of nitrogens with one attached hydrogen (secondary N) is 1. The monoisotopic (exact) mass is 372 g/mol. The Balaban J connectivity index is 2.03. The third kappa shape index (κ3) is 3.90. The Morgan fingerprint density at radius 1 is 1.38 bits per heavy atom. The van der Waals surface area contributed by atoms with Crippen LogP contribution >= 0.6 is 15.9 Å². The Morgan fingerprint density at radius 2 is 2.00 bits per heavy atom. The molecule has 2 rings (SSSR count). The van der Waals surface area contributed by atoms with Crippen LogP contribution in [0.1, 0.15) is 16.1 Å². The number of nitrogens with zero attached hydrogens (tertiary/aromatic N) is 2. The van der Waals surface area contributed by atoms with Crippen LogP contribution in [0.5, 0.6) is 0 Å². The minimum Gasteiger partial charge on any atom is -0.347 e. The van der Waals surface area contributed by atoms with E-state index in [1.165, 1.54) is 16.8 Å². The zero-order valence-corrected chi connectivity index (χ0v) is 13.5. The fraction of sp³-hybridized carbons (Fsp3) is 0.167. The maximum atomic E-state index is 11.9. The van der Waals surface area contributed by atoms with Crippen molar-refractivity contribution < 1.29 is 13.2 Å². The number of primary sulfonamides is 1. The highest BCUT2D eigenvalue weighted by Crippen LogP contribution is 2.14. The van der Waals surface area contributed by atoms with Crippen molar-refractivity contribution in [2.75, 3.05) is 0 Å². The summed E-state index contributed by atoms with van der Waals surface area (Å²) in [5, 5.41) is 11.7. The van der Waals surface area contributed by atoms with Gasteiger partial charge < -0.3 is 5.32 Å². The van der Waals surface area contributed by atoms with Crippen molar-refractivity contribution in [2.24, 2.45) is 12.2 Å². The standard InChI is InChI=1S/C12H13BrN4O3S/c1-17-7-10(13)11(16-17)12(18)15-6-8-2-4-9(5-3-8)21(14,19)20/h2-5,7H,6H2,1H3,(H,15,18)(H2,14,19,20). The van der Waals surface area contributed by atoms with Gasteiger partial charge in [-0.15, -0.1) is 0 Å². The molecule has 7 nitrogen and oxygen atoms in total. The fourth-order valence-corrected chi connectivity index (χ4v) is 2.75. The molecule has 2 aromatic rings. The fourth-order valence-electron chi connectivity index (χ4n) is 1.68. The molecule has 0 saturated heterocycles. The van der Waals surface area contributed by atoms with E-state index in [4.69, 9.17) is 5.14 Å². The Labute approximate surface area is 130 Å². The number of rotatable bonds is 4. The molecule has 3 N–H and O–H groups in total. The van der Waals surface area contributed by atoms with Crippen LogP contribution in [0.3, 0.4) is 0 Å². The molecule has 1 aromatic heterocycles. The summed E-state index contributed by atoms with van der Waals surface area (Å²) in [6.45, 7) is 0.257. The third-order valence-corrected chi connectivity index (χ3v) is 4.21. The number of aryl methyl sites for hydroxylation is 1. The lowest BCUT2D eigenvalue weighted by Gasteiger charge is -2.05. The normalized spacial score (nSPS) is 11.4. The SMILES string of the molecule is Cn1cc(Br)c(C(=O)NCc2ccc(S(N)(=O)=O)cc2)n1. The van der Waals surface area contributed by atoms with Crippen molar-refractivity contribution in [3.05, 3.63) is 46.2 Å². The van der Waals surface area contributed by atoms with E-state index in [9.17, 15) is 13.2 Å². The summed E-state index contributed by atoms with van der Waals surface area (Å²) in [5.74, 6) is -0.321. The van der Waals surface area contributed by atoms with E-state index in [-0.39, 0.29) is 17.3 Å². The molecule has 0 fully saturated rings. The van der Waals surface area contributed by atoms with E-state index >= 15 is 0 Å². The molecule has 21 heavy (non-hydrogen) atoms. The van der Waals surface area contributed by atoms with Crippen molar-refractivity contribution in [3.8, 4) is 0 Å². The molecule has 0 aliphatic carbocycles. The molecular weight excluding hydrogens is 360 g/mol. The van der Waals surface area contributed by atoms with Gasteiger partial charge in [0.05, 0.1) is 9.37 Å². The Morgan fingerprint density at radius 3 is 2.48 bits per heavy atom. The molecule has 0 aliphatic heterocycles. The quantitative estimate of drug-likeness (QED) is 0.825. The summed E-state index contributed by atoms with van der Waals surface area (Å²) in [4.78, 5) is 12.0. The van der Waals surface area contributed by atoms with Crippen LogP contribution in [0, 0.1) is 0 Å². The van der Waals surface area contributed by atoms with Crippen LogP contribution in [0.4, 0.5) is 0 Å². The number of halogens is 1. The van der Waals surface area contributed by atoms with E-state index in [2.05, 4.69) is 26.3 Å². The second-order valence-electron chi connectivity index (χ2n) is 4.37. The summed E-state index contributed by atoms with van der Waals surface area (Å²) in [5.41, 5.74) is 1.04. The third-order valence-electron chi connectivity index (χ3n) is 2.70. The predicted octanol–water partition coefficient (Wildman–Crippen LogP) is 0.760. The summed E-state index contributed by atoms with van der Waals surface area (Å²) < 4.78 is 24.4. The second-order valence-corrected chi connectivity index (χ2v) is 6.79. The van der Waals surface area contributed by atoms with Gasteiger partial charge >= 0.3 is 0 Å². The molecular formula is C12H13BrN4O3S. The number of hydrogen-bond acceptors (Lipinski definition) is 4. The number of benzene rings is 1. The van der Waals surface area contributed by atoms with Gasteiger partial charge in [-0.05, 0) is 33.6 Å². The highest BCUT2D eigenvalue weighted by Gasteiger charge is 2.14. The molecule has 0 bridgehead atoms. The van der Waals surface area contributed by atoms with Crippen molar-refractivity contribution in [2.45, 2.75) is 11.4 Å². The Hall–Kier alpha value is -1.71. The average Bonchev–Trinajstić information content (AvgIpc) is 2.74. The first kappa shape index (κ1) is 15.7. The lowest BCUT2D eigenvalue weighted by Crippen LogP contribution is -2.23. The molecule has 1 aromatic carbocycles. The van der Waals surface area contributed by atoms with Gasteiger partial charge in [-0.3, -0.25) is 9.48 Å². The maximum Gasteiger partial charge on any atom is 0.273 e. The lowest BCUT2D eigenvalue weighted by molar-refractivity contribution is 0.0944. The van der Waals surface area contributed by atoms with Crippen molar-refractivity contribution in [1.82, 2.24) is 15.1 Å². The summed E-state index contributed by atoms with van der Waals surface area (Å²) in [6.07, 6.45) is 1.68. The lowest BCUT2D eigenvalue weighted by atomic mass is 10.2. The molecule has 0 atom stereocenters. The highest BCUT2D eigenvalue weighted by atomic mass is 79.9. The number of carbonyl (C=O) groups excluding carboxylic acids is 1. The van der Waals surface area contributed by atoms with Crippen LogP contribution in [-0.2, 0) is 23.6 Å².